The van der Waals surface area contributed by atoms with Gasteiger partial charge >= 0.3 is 0 Å². The van der Waals surface area contributed by atoms with E-state index >= 15 is 0 Å². The molecule has 3 aromatic rings. The third-order valence-electron chi connectivity index (χ3n) is 3.52. The molecule has 0 spiro atoms. The van der Waals surface area contributed by atoms with Crippen LogP contribution in [0.5, 0.6) is 0 Å². The van der Waals surface area contributed by atoms with E-state index in [2.05, 4.69) is 27.6 Å². The topological polar surface area (TPSA) is 36.0 Å². The fraction of sp³-hybridized carbons (Fsp3) is 0.125. The van der Waals surface area contributed by atoms with Gasteiger partial charge in [-0.05, 0) is 76.4 Å². The van der Waals surface area contributed by atoms with Gasteiger partial charge in [0.15, 0.2) is 0 Å². The Morgan fingerprint density at radius 3 is 2.42 bits per heavy atom. The van der Waals surface area contributed by atoms with E-state index in [1.54, 1.807) is 0 Å². The number of aliphatic hydroxyl groups is 1. The summed E-state index contributed by atoms with van der Waals surface area (Å²) >= 11 is 2.26. The minimum atomic E-state index is -0.976. The third kappa shape index (κ3) is 2.28. The molecule has 0 aliphatic rings. The zero-order valence-electron chi connectivity index (χ0n) is 10.5. The number of benzene rings is 2. The van der Waals surface area contributed by atoms with Crippen molar-refractivity contribution >= 4 is 33.5 Å². The zero-order valence-corrected chi connectivity index (χ0v) is 12.7. The molecule has 2 aromatic carbocycles. The van der Waals surface area contributed by atoms with Gasteiger partial charge in [-0.3, -0.25) is 0 Å². The normalized spacial score (nSPS) is 14.5. The predicted octanol–water partition coefficient (Wildman–Crippen LogP) is 4.03. The summed E-state index contributed by atoms with van der Waals surface area (Å²) in [5, 5.41) is 11.9. The van der Waals surface area contributed by atoms with Crippen LogP contribution in [-0.4, -0.2) is 10.1 Å². The standard InChI is InChI=1S/C16H14INO/c1-16(19,12-2-5-14(17)6-3-12)13-4-7-15-11(10-13)8-9-18-15/h2-10,18-19H,1H3. The summed E-state index contributed by atoms with van der Waals surface area (Å²) in [6, 6.07) is 16.0. The van der Waals surface area contributed by atoms with Crippen molar-refractivity contribution in [1.82, 2.24) is 4.98 Å². The van der Waals surface area contributed by atoms with E-state index in [0.717, 1.165) is 22.0 Å². The molecule has 0 fully saturated rings. The Morgan fingerprint density at radius 2 is 1.68 bits per heavy atom. The highest BCUT2D eigenvalue weighted by molar-refractivity contribution is 14.1. The van der Waals surface area contributed by atoms with Gasteiger partial charge in [-0.15, -0.1) is 0 Å². The van der Waals surface area contributed by atoms with Crippen molar-refractivity contribution in [1.29, 1.82) is 0 Å². The van der Waals surface area contributed by atoms with Gasteiger partial charge in [0.05, 0.1) is 0 Å². The van der Waals surface area contributed by atoms with Gasteiger partial charge in [0.25, 0.3) is 0 Å². The molecule has 96 valence electrons. The Morgan fingerprint density at radius 1 is 1.00 bits per heavy atom. The molecular formula is C16H14INO. The van der Waals surface area contributed by atoms with E-state index in [1.807, 2.05) is 61.7 Å². The molecule has 19 heavy (non-hydrogen) atoms. The maximum atomic E-state index is 10.8. The molecule has 1 unspecified atom stereocenters. The van der Waals surface area contributed by atoms with Crippen molar-refractivity contribution < 1.29 is 5.11 Å². The molecule has 3 heteroatoms. The van der Waals surface area contributed by atoms with Gasteiger partial charge in [-0.25, -0.2) is 0 Å². The van der Waals surface area contributed by atoms with E-state index in [4.69, 9.17) is 0 Å². The maximum Gasteiger partial charge on any atom is 0.112 e. The highest BCUT2D eigenvalue weighted by Crippen LogP contribution is 2.31. The molecule has 2 N–H and O–H groups in total. The van der Waals surface area contributed by atoms with E-state index in [-0.39, 0.29) is 0 Å². The molecular weight excluding hydrogens is 349 g/mol. The van der Waals surface area contributed by atoms with E-state index in [1.165, 1.54) is 3.57 Å². The van der Waals surface area contributed by atoms with Crippen LogP contribution in [0.3, 0.4) is 0 Å². The highest BCUT2D eigenvalue weighted by Gasteiger charge is 2.25. The molecule has 1 heterocycles. The first-order valence-corrected chi connectivity index (χ1v) is 7.21. The zero-order chi connectivity index (χ0) is 13.5. The monoisotopic (exact) mass is 363 g/mol. The first-order chi connectivity index (χ1) is 9.07. The van der Waals surface area contributed by atoms with Crippen LogP contribution in [0.25, 0.3) is 10.9 Å². The number of H-pyrrole nitrogens is 1. The van der Waals surface area contributed by atoms with Crippen LogP contribution in [0.15, 0.2) is 54.7 Å². The van der Waals surface area contributed by atoms with Crippen LogP contribution in [0.4, 0.5) is 0 Å². The molecule has 1 atom stereocenters. The van der Waals surface area contributed by atoms with Crippen molar-refractivity contribution in [2.24, 2.45) is 0 Å². The second-order valence-electron chi connectivity index (χ2n) is 4.86. The molecule has 0 saturated heterocycles. The number of hydrogen-bond acceptors (Lipinski definition) is 1. The van der Waals surface area contributed by atoms with Crippen LogP contribution in [0.2, 0.25) is 0 Å². The molecule has 0 aliphatic carbocycles. The van der Waals surface area contributed by atoms with E-state index in [9.17, 15) is 5.11 Å². The van der Waals surface area contributed by atoms with Crippen LogP contribution >= 0.6 is 22.6 Å². The quantitative estimate of drug-likeness (QED) is 0.663. The SMILES string of the molecule is CC(O)(c1ccc(I)cc1)c1ccc2[nH]ccc2c1. The Labute approximate surface area is 125 Å². The van der Waals surface area contributed by atoms with Gasteiger partial charge in [-0.1, -0.05) is 18.2 Å². The third-order valence-corrected chi connectivity index (χ3v) is 4.24. The number of aromatic amines is 1. The minimum absolute atomic E-state index is 0.904. The molecule has 0 radical (unpaired) electrons. The van der Waals surface area contributed by atoms with Gasteiger partial charge in [-0.2, -0.15) is 0 Å². The van der Waals surface area contributed by atoms with E-state index < -0.39 is 5.60 Å². The smallest absolute Gasteiger partial charge is 0.112 e. The molecule has 0 amide bonds. The number of fused-ring (bicyclic) bond motifs is 1. The largest absolute Gasteiger partial charge is 0.381 e. The van der Waals surface area contributed by atoms with Crippen molar-refractivity contribution in [2.45, 2.75) is 12.5 Å². The first-order valence-electron chi connectivity index (χ1n) is 6.13. The Hall–Kier alpha value is -1.33. The fourth-order valence-corrected chi connectivity index (χ4v) is 2.66. The lowest BCUT2D eigenvalue weighted by Gasteiger charge is -2.24. The maximum absolute atomic E-state index is 10.8. The Kier molecular flexibility index (Phi) is 3.11. The van der Waals surface area contributed by atoms with Gasteiger partial charge in [0, 0.05) is 15.3 Å². The van der Waals surface area contributed by atoms with Gasteiger partial charge in [0.1, 0.15) is 5.60 Å². The summed E-state index contributed by atoms with van der Waals surface area (Å²) < 4.78 is 1.17. The lowest BCUT2D eigenvalue weighted by Crippen LogP contribution is -2.22. The summed E-state index contributed by atoms with van der Waals surface area (Å²) in [5.74, 6) is 0. The minimum Gasteiger partial charge on any atom is -0.381 e. The fourth-order valence-electron chi connectivity index (χ4n) is 2.30. The predicted molar refractivity (Wildman–Crippen MR) is 86.1 cm³/mol. The molecule has 3 rings (SSSR count). The van der Waals surface area contributed by atoms with Crippen molar-refractivity contribution in [3.63, 3.8) is 0 Å². The second-order valence-corrected chi connectivity index (χ2v) is 6.10. The number of hydrogen-bond donors (Lipinski definition) is 2. The van der Waals surface area contributed by atoms with Crippen molar-refractivity contribution in [2.75, 3.05) is 0 Å². The van der Waals surface area contributed by atoms with Crippen LogP contribution in [-0.2, 0) is 5.60 Å². The Balaban J connectivity index is 2.09. The van der Waals surface area contributed by atoms with Crippen LogP contribution < -0.4 is 0 Å². The molecule has 0 bridgehead atoms. The number of aromatic nitrogens is 1. The molecule has 0 saturated carbocycles. The summed E-state index contributed by atoms with van der Waals surface area (Å²) in [7, 11) is 0. The van der Waals surface area contributed by atoms with Crippen LogP contribution in [0.1, 0.15) is 18.1 Å². The number of rotatable bonds is 2. The molecule has 1 aromatic heterocycles. The summed E-state index contributed by atoms with van der Waals surface area (Å²) in [5.41, 5.74) is 1.92. The first kappa shape index (κ1) is 12.7. The van der Waals surface area contributed by atoms with Gasteiger partial charge < -0.3 is 10.1 Å². The highest BCUT2D eigenvalue weighted by atomic mass is 127. The lowest BCUT2D eigenvalue weighted by molar-refractivity contribution is 0.102. The summed E-state index contributed by atoms with van der Waals surface area (Å²) in [4.78, 5) is 3.16. The average Bonchev–Trinajstić information content (AvgIpc) is 2.86. The number of nitrogens with one attached hydrogen (secondary N) is 1. The number of halogens is 1. The Bertz CT molecular complexity index is 713. The average molecular weight is 363 g/mol. The summed E-state index contributed by atoms with van der Waals surface area (Å²) in [6.45, 7) is 1.84. The molecule has 2 nitrogen and oxygen atoms in total. The van der Waals surface area contributed by atoms with E-state index in [0.29, 0.717) is 0 Å². The summed E-state index contributed by atoms with van der Waals surface area (Å²) in [6.07, 6.45) is 1.91. The van der Waals surface area contributed by atoms with Crippen molar-refractivity contribution in [3.05, 3.63) is 69.4 Å². The van der Waals surface area contributed by atoms with Gasteiger partial charge in [0.2, 0.25) is 0 Å². The molecule has 0 aliphatic heterocycles. The second kappa shape index (κ2) is 4.65. The lowest BCUT2D eigenvalue weighted by atomic mass is 9.88. The van der Waals surface area contributed by atoms with Crippen LogP contribution in [0, 0.1) is 3.57 Å². The van der Waals surface area contributed by atoms with Crippen molar-refractivity contribution in [3.8, 4) is 0 Å².